The average Bonchev–Trinajstić information content (AvgIpc) is 2.67. The Labute approximate surface area is 81.9 Å². The van der Waals surface area contributed by atoms with Crippen molar-refractivity contribution in [3.63, 3.8) is 0 Å². The second kappa shape index (κ2) is 3.82. The summed E-state index contributed by atoms with van der Waals surface area (Å²) in [4.78, 5) is 10.8. The van der Waals surface area contributed by atoms with Gasteiger partial charge in [0.05, 0.1) is 0 Å². The first-order chi connectivity index (χ1) is 6.79. The van der Waals surface area contributed by atoms with Gasteiger partial charge in [0.1, 0.15) is 17.5 Å². The molecule has 1 fully saturated rings. The summed E-state index contributed by atoms with van der Waals surface area (Å²) in [6.07, 6.45) is 6.87. The van der Waals surface area contributed by atoms with Gasteiger partial charge >= 0.3 is 5.97 Å². The molecule has 0 saturated heterocycles. The minimum Gasteiger partial charge on any atom is -0.478 e. The van der Waals surface area contributed by atoms with E-state index in [0.29, 0.717) is 5.69 Å². The maximum atomic E-state index is 10.8. The molecule has 0 amide bonds. The van der Waals surface area contributed by atoms with E-state index in [1.807, 2.05) is 0 Å². The Balaban J connectivity index is 2.21. The van der Waals surface area contributed by atoms with Crippen LogP contribution in [0.5, 0.6) is 0 Å². The van der Waals surface area contributed by atoms with Crippen LogP contribution in [-0.2, 0) is 0 Å². The predicted octanol–water partition coefficient (Wildman–Crippen LogP) is 2.42. The van der Waals surface area contributed by atoms with Crippen molar-refractivity contribution in [2.75, 3.05) is 0 Å². The fourth-order valence-electron chi connectivity index (χ4n) is 2.08. The van der Waals surface area contributed by atoms with Crippen molar-refractivity contribution in [2.45, 2.75) is 38.0 Å². The summed E-state index contributed by atoms with van der Waals surface area (Å²) in [5.41, 5.74) is 0.870. The molecular weight excluding hydrogens is 182 g/mol. The summed E-state index contributed by atoms with van der Waals surface area (Å²) in [6.45, 7) is 0. The van der Waals surface area contributed by atoms with Gasteiger partial charge in [-0.1, -0.05) is 24.4 Å². The molecule has 0 atom stereocenters. The quantitative estimate of drug-likeness (QED) is 0.787. The molecule has 0 spiro atoms. The van der Waals surface area contributed by atoms with Crippen molar-refractivity contribution in [3.05, 3.63) is 17.5 Å². The van der Waals surface area contributed by atoms with Crippen LogP contribution in [0.2, 0.25) is 0 Å². The zero-order valence-corrected chi connectivity index (χ0v) is 7.90. The van der Waals surface area contributed by atoms with Crippen LogP contribution >= 0.6 is 0 Å². The summed E-state index contributed by atoms with van der Waals surface area (Å²) >= 11 is 0. The Bertz CT molecular complexity index is 326. The zero-order chi connectivity index (χ0) is 9.97. The SMILES string of the molecule is O=C(O)c1conc1C1CCCCC1. The van der Waals surface area contributed by atoms with Crippen molar-refractivity contribution in [1.29, 1.82) is 0 Å². The lowest BCUT2D eigenvalue weighted by atomic mass is 9.85. The standard InChI is InChI=1S/C10H13NO3/c12-10(13)8-6-14-11-9(8)7-4-2-1-3-5-7/h6-7H,1-5H2,(H,12,13). The van der Waals surface area contributed by atoms with E-state index in [4.69, 9.17) is 9.63 Å². The van der Waals surface area contributed by atoms with Gasteiger partial charge in [0, 0.05) is 5.92 Å². The molecule has 1 aromatic heterocycles. The number of nitrogens with zero attached hydrogens (tertiary/aromatic N) is 1. The lowest BCUT2D eigenvalue weighted by Gasteiger charge is -2.19. The molecule has 0 unspecified atom stereocenters. The fourth-order valence-corrected chi connectivity index (χ4v) is 2.08. The van der Waals surface area contributed by atoms with Crippen LogP contribution in [-0.4, -0.2) is 16.2 Å². The maximum Gasteiger partial charge on any atom is 0.340 e. The molecule has 0 aromatic carbocycles. The molecule has 4 heteroatoms. The minimum absolute atomic E-state index is 0.233. The van der Waals surface area contributed by atoms with Crippen LogP contribution in [0.25, 0.3) is 0 Å². The smallest absolute Gasteiger partial charge is 0.340 e. The van der Waals surface area contributed by atoms with Gasteiger partial charge in [-0.2, -0.15) is 0 Å². The van der Waals surface area contributed by atoms with E-state index in [-0.39, 0.29) is 11.5 Å². The van der Waals surface area contributed by atoms with Crippen molar-refractivity contribution in [2.24, 2.45) is 0 Å². The molecule has 0 aliphatic heterocycles. The number of carboxylic acids is 1. The van der Waals surface area contributed by atoms with Gasteiger partial charge in [0.25, 0.3) is 0 Å². The number of carbonyl (C=O) groups is 1. The van der Waals surface area contributed by atoms with Crippen LogP contribution in [0.4, 0.5) is 0 Å². The highest BCUT2D eigenvalue weighted by Gasteiger charge is 2.24. The Morgan fingerprint density at radius 2 is 2.14 bits per heavy atom. The molecule has 0 bridgehead atoms. The van der Waals surface area contributed by atoms with E-state index >= 15 is 0 Å². The third-order valence-electron chi connectivity index (χ3n) is 2.82. The fraction of sp³-hybridized carbons (Fsp3) is 0.600. The van der Waals surface area contributed by atoms with Gasteiger partial charge < -0.3 is 9.63 Å². The second-order valence-electron chi connectivity index (χ2n) is 3.75. The Morgan fingerprint density at radius 1 is 1.43 bits per heavy atom. The number of carboxylic acid groups (broad SMARTS) is 1. The lowest BCUT2D eigenvalue weighted by molar-refractivity contribution is 0.0694. The summed E-state index contributed by atoms with van der Waals surface area (Å²) < 4.78 is 4.73. The largest absolute Gasteiger partial charge is 0.478 e. The molecule has 4 nitrogen and oxygen atoms in total. The van der Waals surface area contributed by atoms with Crippen LogP contribution in [0, 0.1) is 0 Å². The third kappa shape index (κ3) is 1.64. The first-order valence-corrected chi connectivity index (χ1v) is 4.96. The number of rotatable bonds is 2. The first-order valence-electron chi connectivity index (χ1n) is 4.96. The van der Waals surface area contributed by atoms with E-state index in [9.17, 15) is 4.79 Å². The molecule has 1 aromatic rings. The van der Waals surface area contributed by atoms with Crippen molar-refractivity contribution in [1.82, 2.24) is 5.16 Å². The van der Waals surface area contributed by atoms with Crippen LogP contribution in [0.3, 0.4) is 0 Å². The average molecular weight is 195 g/mol. The summed E-state index contributed by atoms with van der Waals surface area (Å²) in [7, 11) is 0. The van der Waals surface area contributed by atoms with Gasteiger partial charge in [0.2, 0.25) is 0 Å². The Hall–Kier alpha value is -1.32. The molecule has 1 aliphatic carbocycles. The number of hydrogen-bond acceptors (Lipinski definition) is 3. The van der Waals surface area contributed by atoms with Gasteiger partial charge in [-0.25, -0.2) is 4.79 Å². The molecule has 1 heterocycles. The van der Waals surface area contributed by atoms with Gasteiger partial charge in [-0.3, -0.25) is 0 Å². The summed E-state index contributed by atoms with van der Waals surface area (Å²) in [6, 6.07) is 0. The maximum absolute atomic E-state index is 10.8. The van der Waals surface area contributed by atoms with Gasteiger partial charge in [0.15, 0.2) is 0 Å². The lowest BCUT2D eigenvalue weighted by Crippen LogP contribution is -2.09. The van der Waals surface area contributed by atoms with Gasteiger partial charge in [-0.15, -0.1) is 0 Å². The molecule has 1 saturated carbocycles. The summed E-state index contributed by atoms with van der Waals surface area (Å²) in [5, 5.41) is 12.7. The number of hydrogen-bond donors (Lipinski definition) is 1. The number of aromatic nitrogens is 1. The van der Waals surface area contributed by atoms with Crippen molar-refractivity contribution in [3.8, 4) is 0 Å². The summed E-state index contributed by atoms with van der Waals surface area (Å²) in [5.74, 6) is -0.652. The zero-order valence-electron chi connectivity index (χ0n) is 7.90. The second-order valence-corrected chi connectivity index (χ2v) is 3.75. The van der Waals surface area contributed by atoms with Crippen molar-refractivity contribution >= 4 is 5.97 Å². The van der Waals surface area contributed by atoms with Crippen LogP contribution in [0.15, 0.2) is 10.8 Å². The predicted molar refractivity (Wildman–Crippen MR) is 49.3 cm³/mol. The normalized spacial score (nSPS) is 18.3. The molecule has 1 aliphatic rings. The molecule has 14 heavy (non-hydrogen) atoms. The third-order valence-corrected chi connectivity index (χ3v) is 2.82. The first kappa shape index (κ1) is 9.24. The van der Waals surface area contributed by atoms with E-state index in [1.54, 1.807) is 0 Å². The van der Waals surface area contributed by atoms with E-state index in [2.05, 4.69) is 5.16 Å². The monoisotopic (exact) mass is 195 g/mol. The molecule has 2 rings (SSSR count). The van der Waals surface area contributed by atoms with Crippen LogP contribution in [0.1, 0.15) is 54.1 Å². The molecule has 76 valence electrons. The topological polar surface area (TPSA) is 63.3 Å². The molecule has 0 radical (unpaired) electrons. The van der Waals surface area contributed by atoms with E-state index < -0.39 is 5.97 Å². The Morgan fingerprint density at radius 3 is 2.79 bits per heavy atom. The van der Waals surface area contributed by atoms with Gasteiger partial charge in [-0.05, 0) is 12.8 Å². The molecule has 1 N–H and O–H groups in total. The van der Waals surface area contributed by atoms with Crippen molar-refractivity contribution < 1.29 is 14.4 Å². The van der Waals surface area contributed by atoms with E-state index in [1.165, 1.54) is 12.7 Å². The highest BCUT2D eigenvalue weighted by Crippen LogP contribution is 2.33. The molecular formula is C10H13NO3. The minimum atomic E-state index is -0.938. The highest BCUT2D eigenvalue weighted by molar-refractivity contribution is 5.88. The number of aromatic carboxylic acids is 1. The van der Waals surface area contributed by atoms with Crippen LogP contribution < -0.4 is 0 Å². The highest BCUT2D eigenvalue weighted by atomic mass is 16.5. The van der Waals surface area contributed by atoms with E-state index in [0.717, 1.165) is 25.7 Å². The Kier molecular flexibility index (Phi) is 2.52.